The van der Waals surface area contributed by atoms with Crippen molar-refractivity contribution in [1.29, 1.82) is 0 Å². The summed E-state index contributed by atoms with van der Waals surface area (Å²) in [5.41, 5.74) is 7.35. The van der Waals surface area contributed by atoms with E-state index in [0.29, 0.717) is 17.1 Å². The lowest BCUT2D eigenvalue weighted by atomic mass is 10.2. The van der Waals surface area contributed by atoms with Gasteiger partial charge in [0.25, 0.3) is 0 Å². The van der Waals surface area contributed by atoms with Crippen LogP contribution in [0.5, 0.6) is 0 Å². The number of hydrogen-bond acceptors (Lipinski definition) is 5. The monoisotopic (exact) mass is 344 g/mol. The molecule has 112 valence electrons. The highest BCUT2D eigenvalue weighted by atomic mass is 35.5. The number of hydrogen-bond donors (Lipinski definition) is 2. The summed E-state index contributed by atoms with van der Waals surface area (Å²) >= 11 is 8.57. The molecule has 0 saturated heterocycles. The summed E-state index contributed by atoms with van der Waals surface area (Å²) in [5.74, 6) is -0.491. The zero-order valence-corrected chi connectivity index (χ0v) is 13.9. The first-order chi connectivity index (χ1) is 9.93. The number of ketones is 1. The molecule has 7 heteroatoms. The molecule has 0 atom stereocenters. The summed E-state index contributed by atoms with van der Waals surface area (Å²) < 4.78 is 13.1. The number of carbonyl (C=O) groups excluding carboxylic acids is 1. The van der Waals surface area contributed by atoms with E-state index in [1.165, 1.54) is 36.1 Å². The SMILES string of the molecule is CSc1c(NCc2ccc(F)c(Cl)c2)sc(C(C)=O)c1N. The Kier molecular flexibility index (Phi) is 5.13. The Bertz CT molecular complexity index is 688. The maximum Gasteiger partial charge on any atom is 0.171 e. The molecule has 3 N–H and O–H groups in total. The van der Waals surface area contributed by atoms with E-state index in [2.05, 4.69) is 5.32 Å². The van der Waals surface area contributed by atoms with Crippen LogP contribution in [0.15, 0.2) is 23.1 Å². The molecule has 0 bridgehead atoms. The number of carbonyl (C=O) groups is 1. The van der Waals surface area contributed by atoms with E-state index in [1.807, 2.05) is 6.26 Å². The van der Waals surface area contributed by atoms with Crippen LogP contribution >= 0.6 is 34.7 Å². The van der Waals surface area contributed by atoms with Crippen molar-refractivity contribution in [3.8, 4) is 0 Å². The van der Waals surface area contributed by atoms with Crippen LogP contribution in [0, 0.1) is 5.82 Å². The zero-order valence-electron chi connectivity index (χ0n) is 11.5. The number of Topliss-reactive ketones (excluding diaryl/α,β-unsaturated/α-hetero) is 1. The number of nitrogens with two attached hydrogens (primary N) is 1. The average Bonchev–Trinajstić information content (AvgIpc) is 2.76. The third kappa shape index (κ3) is 3.51. The number of thiophene rings is 1. The number of rotatable bonds is 5. The first-order valence-corrected chi connectivity index (χ1v) is 8.51. The fourth-order valence-corrected chi connectivity index (χ4v) is 3.97. The molecule has 1 aromatic carbocycles. The van der Waals surface area contributed by atoms with Gasteiger partial charge in [0.2, 0.25) is 0 Å². The third-order valence-electron chi connectivity index (χ3n) is 2.86. The predicted molar refractivity (Wildman–Crippen MR) is 89.3 cm³/mol. The molecule has 0 spiro atoms. The van der Waals surface area contributed by atoms with E-state index in [1.54, 1.807) is 12.1 Å². The molecule has 0 unspecified atom stereocenters. The van der Waals surface area contributed by atoms with Gasteiger partial charge in [0, 0.05) is 13.5 Å². The number of thioether (sulfide) groups is 1. The van der Waals surface area contributed by atoms with E-state index in [9.17, 15) is 9.18 Å². The van der Waals surface area contributed by atoms with Gasteiger partial charge >= 0.3 is 0 Å². The summed E-state index contributed by atoms with van der Waals surface area (Å²) in [7, 11) is 0. The quantitative estimate of drug-likeness (QED) is 0.612. The molecule has 3 nitrogen and oxygen atoms in total. The number of nitrogens with one attached hydrogen (secondary N) is 1. The minimum absolute atomic E-state index is 0.0503. The smallest absolute Gasteiger partial charge is 0.171 e. The maximum absolute atomic E-state index is 13.1. The fourth-order valence-electron chi connectivity index (χ4n) is 1.84. The van der Waals surface area contributed by atoms with E-state index in [0.717, 1.165) is 15.5 Å². The Hall–Kier alpha value is -1.24. The van der Waals surface area contributed by atoms with Gasteiger partial charge in [-0.25, -0.2) is 4.39 Å². The molecule has 1 heterocycles. The van der Waals surface area contributed by atoms with Gasteiger partial charge < -0.3 is 11.1 Å². The van der Waals surface area contributed by atoms with Crippen molar-refractivity contribution in [3.63, 3.8) is 0 Å². The third-order valence-corrected chi connectivity index (χ3v) is 5.38. The molecular weight excluding hydrogens is 331 g/mol. The predicted octanol–water partition coefficient (Wildman–Crippen LogP) is 4.66. The number of nitrogen functional groups attached to an aromatic ring is 1. The molecule has 21 heavy (non-hydrogen) atoms. The van der Waals surface area contributed by atoms with Crippen LogP contribution in [-0.4, -0.2) is 12.0 Å². The standard InChI is InChI=1S/C14H14ClFN2OS2/c1-7(19)12-11(17)13(20-2)14(21-12)18-6-8-3-4-10(16)9(15)5-8/h3-5,18H,6,17H2,1-2H3. The van der Waals surface area contributed by atoms with Gasteiger partial charge in [-0.3, -0.25) is 4.79 Å². The van der Waals surface area contributed by atoms with Gasteiger partial charge in [0.15, 0.2) is 5.78 Å². The molecule has 0 fully saturated rings. The van der Waals surface area contributed by atoms with Crippen LogP contribution in [-0.2, 0) is 6.54 Å². The van der Waals surface area contributed by atoms with E-state index in [4.69, 9.17) is 17.3 Å². The van der Waals surface area contributed by atoms with Crippen LogP contribution in [0.1, 0.15) is 22.2 Å². The summed E-state index contributed by atoms with van der Waals surface area (Å²) in [5, 5.41) is 4.16. The fraction of sp³-hybridized carbons (Fsp3) is 0.214. The second-order valence-corrected chi connectivity index (χ2v) is 6.61. The van der Waals surface area contributed by atoms with E-state index < -0.39 is 5.82 Å². The van der Waals surface area contributed by atoms with Crippen LogP contribution in [0.3, 0.4) is 0 Å². The minimum Gasteiger partial charge on any atom is -0.396 e. The largest absolute Gasteiger partial charge is 0.396 e. The van der Waals surface area contributed by atoms with Crippen LogP contribution in [0.25, 0.3) is 0 Å². The molecule has 0 saturated carbocycles. The van der Waals surface area contributed by atoms with Gasteiger partial charge in [0.1, 0.15) is 10.8 Å². The van der Waals surface area contributed by atoms with Crippen molar-refractivity contribution in [2.45, 2.75) is 18.4 Å². The topological polar surface area (TPSA) is 55.1 Å². The maximum atomic E-state index is 13.1. The van der Waals surface area contributed by atoms with Crippen molar-refractivity contribution in [3.05, 3.63) is 39.5 Å². The molecule has 1 aromatic heterocycles. The zero-order chi connectivity index (χ0) is 15.6. The van der Waals surface area contributed by atoms with Crippen LogP contribution in [0.2, 0.25) is 5.02 Å². The highest BCUT2D eigenvalue weighted by molar-refractivity contribution is 7.99. The number of halogens is 2. The molecule has 0 radical (unpaired) electrons. The normalized spacial score (nSPS) is 10.7. The molecular formula is C14H14ClFN2OS2. The number of anilines is 2. The van der Waals surface area contributed by atoms with Crippen molar-refractivity contribution in [2.24, 2.45) is 0 Å². The van der Waals surface area contributed by atoms with Gasteiger partial charge in [-0.15, -0.1) is 23.1 Å². The first-order valence-electron chi connectivity index (χ1n) is 6.09. The Labute approximate surface area is 135 Å². The highest BCUT2D eigenvalue weighted by Crippen LogP contribution is 2.42. The molecule has 0 aliphatic rings. The van der Waals surface area contributed by atoms with Crippen molar-refractivity contribution >= 4 is 51.2 Å². The minimum atomic E-state index is -0.440. The Balaban J connectivity index is 2.21. The summed E-state index contributed by atoms with van der Waals surface area (Å²) in [4.78, 5) is 13.0. The van der Waals surface area contributed by atoms with Crippen molar-refractivity contribution in [2.75, 3.05) is 17.3 Å². The van der Waals surface area contributed by atoms with Crippen molar-refractivity contribution in [1.82, 2.24) is 0 Å². The lowest BCUT2D eigenvalue weighted by Gasteiger charge is -2.07. The lowest BCUT2D eigenvalue weighted by molar-refractivity contribution is 0.102. The molecule has 2 aromatic rings. The Morgan fingerprint density at radius 3 is 2.81 bits per heavy atom. The Morgan fingerprint density at radius 1 is 1.52 bits per heavy atom. The van der Waals surface area contributed by atoms with E-state index in [-0.39, 0.29) is 10.8 Å². The number of benzene rings is 1. The van der Waals surface area contributed by atoms with Gasteiger partial charge in [0.05, 0.1) is 20.5 Å². The summed E-state index contributed by atoms with van der Waals surface area (Å²) in [6.07, 6.45) is 1.91. The average molecular weight is 345 g/mol. The second-order valence-electron chi connectivity index (χ2n) is 4.37. The summed E-state index contributed by atoms with van der Waals surface area (Å²) in [6.45, 7) is 1.97. The lowest BCUT2D eigenvalue weighted by Crippen LogP contribution is -1.99. The molecule has 0 aliphatic carbocycles. The van der Waals surface area contributed by atoms with Gasteiger partial charge in [-0.2, -0.15) is 0 Å². The molecule has 2 rings (SSSR count). The Morgan fingerprint density at radius 2 is 2.24 bits per heavy atom. The van der Waals surface area contributed by atoms with Gasteiger partial charge in [-0.05, 0) is 24.0 Å². The van der Waals surface area contributed by atoms with Crippen molar-refractivity contribution < 1.29 is 9.18 Å². The molecule has 0 amide bonds. The van der Waals surface area contributed by atoms with Crippen LogP contribution < -0.4 is 11.1 Å². The van der Waals surface area contributed by atoms with Crippen LogP contribution in [0.4, 0.5) is 15.1 Å². The molecule has 0 aliphatic heterocycles. The van der Waals surface area contributed by atoms with Gasteiger partial charge in [-0.1, -0.05) is 17.7 Å². The first kappa shape index (κ1) is 16.1. The highest BCUT2D eigenvalue weighted by Gasteiger charge is 2.18. The second kappa shape index (κ2) is 6.68. The van der Waals surface area contributed by atoms with E-state index >= 15 is 0 Å². The summed E-state index contributed by atoms with van der Waals surface area (Å²) in [6, 6.07) is 4.57.